The maximum absolute atomic E-state index is 13.0. The predicted molar refractivity (Wildman–Crippen MR) is 89.0 cm³/mol. The number of benzene rings is 1. The number of amides is 1. The smallest absolute Gasteiger partial charge is 0.339 e. The molecule has 0 unspecified atom stereocenters. The fraction of sp³-hybridized carbons (Fsp3) is 0.235. The second-order valence-corrected chi connectivity index (χ2v) is 5.94. The summed E-state index contributed by atoms with van der Waals surface area (Å²) in [4.78, 5) is 25.6. The van der Waals surface area contributed by atoms with E-state index in [-0.39, 0.29) is 29.4 Å². The summed E-state index contributed by atoms with van der Waals surface area (Å²) in [6.07, 6.45) is 0. The highest BCUT2D eigenvalue weighted by atomic mass is 35.5. The second-order valence-electron chi connectivity index (χ2n) is 5.50. The number of nitrogens with zero attached hydrogens (tertiary/aromatic N) is 1. The van der Waals surface area contributed by atoms with Gasteiger partial charge in [-0.25, -0.2) is 4.79 Å². The van der Waals surface area contributed by atoms with Crippen LogP contribution in [0.3, 0.4) is 0 Å². The number of carbonyl (C=O) groups excluding carboxylic acids is 2. The molecule has 1 aromatic carbocycles. The maximum atomic E-state index is 13.0. The van der Waals surface area contributed by atoms with Gasteiger partial charge in [0.2, 0.25) is 11.8 Å². The largest absolute Gasteiger partial charge is 0.462 e. The summed E-state index contributed by atoms with van der Waals surface area (Å²) >= 11 is 6.09. The molecule has 8 heteroatoms. The lowest BCUT2D eigenvalue weighted by Gasteiger charge is -2.33. The average Bonchev–Trinajstić information content (AvgIpc) is 2.81. The van der Waals surface area contributed by atoms with Gasteiger partial charge >= 0.3 is 5.97 Å². The third kappa shape index (κ3) is 2.18. The molecule has 0 fully saturated rings. The lowest BCUT2D eigenvalue weighted by Crippen LogP contribution is -2.45. The van der Waals surface area contributed by atoms with Gasteiger partial charge in [0.05, 0.1) is 6.61 Å². The molecule has 25 heavy (non-hydrogen) atoms. The Kier molecular flexibility index (Phi) is 3.93. The summed E-state index contributed by atoms with van der Waals surface area (Å²) in [7, 11) is 0. The number of allylic oxidation sites excluding steroid dienone is 1. The molecule has 0 radical (unpaired) electrons. The molecule has 128 valence electrons. The highest BCUT2D eigenvalue weighted by Gasteiger charge is 2.59. The maximum Gasteiger partial charge on any atom is 0.339 e. The molecule has 1 aromatic rings. The molecule has 2 aliphatic heterocycles. The standard InChI is InChI=1S/C17H14ClN3O4/c1-3-24-15(22)13-8(2)25-14(20)11(7-19)17(13)10-6-9(18)4-5-12(10)21-16(17)23/h4-6H,3,20H2,1-2H3,(H,21,23)/t17-/m1/s1. The van der Waals surface area contributed by atoms with Crippen molar-refractivity contribution >= 4 is 29.2 Å². The van der Waals surface area contributed by atoms with Gasteiger partial charge in [-0.1, -0.05) is 11.6 Å². The Morgan fingerprint density at radius 2 is 2.24 bits per heavy atom. The van der Waals surface area contributed by atoms with E-state index in [1.807, 2.05) is 6.07 Å². The average molecular weight is 360 g/mol. The van der Waals surface area contributed by atoms with Crippen LogP contribution in [0.4, 0.5) is 5.69 Å². The molecule has 0 saturated carbocycles. The van der Waals surface area contributed by atoms with Crippen LogP contribution in [0.1, 0.15) is 19.4 Å². The normalized spacial score (nSPS) is 21.6. The third-order valence-corrected chi connectivity index (χ3v) is 4.41. The molecule has 0 saturated heterocycles. The van der Waals surface area contributed by atoms with Crippen LogP contribution in [-0.2, 0) is 24.5 Å². The van der Waals surface area contributed by atoms with Crippen LogP contribution >= 0.6 is 11.6 Å². The molecule has 2 heterocycles. The van der Waals surface area contributed by atoms with E-state index in [4.69, 9.17) is 26.8 Å². The zero-order valence-electron chi connectivity index (χ0n) is 13.5. The number of esters is 1. The van der Waals surface area contributed by atoms with Gasteiger partial charge in [0.15, 0.2) is 5.41 Å². The lowest BCUT2D eigenvalue weighted by molar-refractivity contribution is -0.140. The van der Waals surface area contributed by atoms with Crippen LogP contribution in [0.15, 0.2) is 41.0 Å². The van der Waals surface area contributed by atoms with E-state index in [1.165, 1.54) is 13.0 Å². The molecular formula is C17H14ClN3O4. The van der Waals surface area contributed by atoms with Crippen molar-refractivity contribution in [3.05, 3.63) is 51.6 Å². The molecule has 3 rings (SSSR count). The number of rotatable bonds is 2. The van der Waals surface area contributed by atoms with Gasteiger partial charge in [-0.2, -0.15) is 5.26 Å². The second kappa shape index (κ2) is 5.83. The van der Waals surface area contributed by atoms with Crippen LogP contribution in [-0.4, -0.2) is 18.5 Å². The number of fused-ring (bicyclic) bond motifs is 2. The molecule has 0 aliphatic carbocycles. The van der Waals surface area contributed by atoms with Crippen molar-refractivity contribution in [2.24, 2.45) is 5.73 Å². The summed E-state index contributed by atoms with van der Waals surface area (Å²) in [6.45, 7) is 3.22. The first-order valence-electron chi connectivity index (χ1n) is 7.46. The van der Waals surface area contributed by atoms with E-state index in [0.717, 1.165) is 0 Å². The first kappa shape index (κ1) is 16.9. The third-order valence-electron chi connectivity index (χ3n) is 4.18. The van der Waals surface area contributed by atoms with Crippen molar-refractivity contribution < 1.29 is 19.1 Å². The van der Waals surface area contributed by atoms with E-state index in [9.17, 15) is 14.9 Å². The van der Waals surface area contributed by atoms with Gasteiger partial charge < -0.3 is 20.5 Å². The SMILES string of the molecule is CCOC(=O)C1=C(C)OC(N)=C(C#N)[C@@]12C(=O)Nc1ccc(Cl)cc12. The first-order chi connectivity index (χ1) is 11.9. The van der Waals surface area contributed by atoms with Gasteiger partial charge in [-0.3, -0.25) is 4.79 Å². The molecule has 0 aromatic heterocycles. The molecular weight excluding hydrogens is 346 g/mol. The number of nitriles is 1. The van der Waals surface area contributed by atoms with Crippen LogP contribution in [0.25, 0.3) is 0 Å². The number of anilines is 1. The van der Waals surface area contributed by atoms with Gasteiger partial charge in [0.1, 0.15) is 23.0 Å². The summed E-state index contributed by atoms with van der Waals surface area (Å²) in [5.74, 6) is -1.49. The van der Waals surface area contributed by atoms with Crippen LogP contribution < -0.4 is 11.1 Å². The quantitative estimate of drug-likeness (QED) is 0.781. The Labute approximate surface area is 148 Å². The molecule has 7 nitrogen and oxygen atoms in total. The highest BCUT2D eigenvalue weighted by Crippen LogP contribution is 2.52. The number of nitrogens with one attached hydrogen (secondary N) is 1. The Hall–Kier alpha value is -2.98. The number of nitrogens with two attached hydrogens (primary N) is 1. The molecule has 1 spiro atoms. The van der Waals surface area contributed by atoms with Crippen molar-refractivity contribution in [1.29, 1.82) is 5.26 Å². The Morgan fingerprint density at radius 3 is 2.88 bits per heavy atom. The Morgan fingerprint density at radius 1 is 1.52 bits per heavy atom. The zero-order valence-corrected chi connectivity index (χ0v) is 14.2. The monoisotopic (exact) mass is 359 g/mol. The zero-order chi connectivity index (χ0) is 18.4. The minimum Gasteiger partial charge on any atom is -0.462 e. The van der Waals surface area contributed by atoms with Crippen molar-refractivity contribution in [2.45, 2.75) is 19.3 Å². The topological polar surface area (TPSA) is 114 Å². The van der Waals surface area contributed by atoms with Crippen LogP contribution in [0.5, 0.6) is 0 Å². The fourth-order valence-corrected chi connectivity index (χ4v) is 3.42. The van der Waals surface area contributed by atoms with Gasteiger partial charge in [-0.05, 0) is 32.0 Å². The molecule has 1 amide bonds. The number of ether oxygens (including phenoxy) is 2. The Balaban J connectivity index is 2.41. The summed E-state index contributed by atoms with van der Waals surface area (Å²) in [5, 5.41) is 12.7. The van der Waals surface area contributed by atoms with E-state index >= 15 is 0 Å². The molecule has 0 bridgehead atoms. The van der Waals surface area contributed by atoms with E-state index in [2.05, 4.69) is 5.32 Å². The summed E-state index contributed by atoms with van der Waals surface area (Å²) in [6, 6.07) is 6.63. The van der Waals surface area contributed by atoms with E-state index in [0.29, 0.717) is 16.3 Å². The summed E-state index contributed by atoms with van der Waals surface area (Å²) < 4.78 is 10.4. The molecule has 2 aliphatic rings. The number of hydrogen-bond donors (Lipinski definition) is 2. The highest BCUT2D eigenvalue weighted by molar-refractivity contribution is 6.31. The van der Waals surface area contributed by atoms with Crippen molar-refractivity contribution in [2.75, 3.05) is 11.9 Å². The minimum absolute atomic E-state index is 0.0846. The van der Waals surface area contributed by atoms with E-state index < -0.39 is 17.3 Å². The lowest BCUT2D eigenvalue weighted by atomic mass is 9.68. The fourth-order valence-electron chi connectivity index (χ4n) is 3.25. The van der Waals surface area contributed by atoms with Crippen molar-refractivity contribution in [1.82, 2.24) is 0 Å². The Bertz CT molecular complexity index is 913. The van der Waals surface area contributed by atoms with Crippen molar-refractivity contribution in [3.63, 3.8) is 0 Å². The van der Waals surface area contributed by atoms with Crippen molar-refractivity contribution in [3.8, 4) is 6.07 Å². The molecule has 1 atom stereocenters. The van der Waals surface area contributed by atoms with Crippen LogP contribution in [0.2, 0.25) is 5.02 Å². The first-order valence-corrected chi connectivity index (χ1v) is 7.83. The minimum atomic E-state index is -1.76. The number of hydrogen-bond acceptors (Lipinski definition) is 6. The van der Waals surface area contributed by atoms with E-state index in [1.54, 1.807) is 19.1 Å². The number of halogens is 1. The number of carbonyl (C=O) groups is 2. The predicted octanol–water partition coefficient (Wildman–Crippen LogP) is 2.09. The molecule has 3 N–H and O–H groups in total. The van der Waals surface area contributed by atoms with Crippen LogP contribution in [0, 0.1) is 11.3 Å². The summed E-state index contributed by atoms with van der Waals surface area (Å²) in [5.41, 5.74) is 4.64. The van der Waals surface area contributed by atoms with Gasteiger partial charge in [0, 0.05) is 16.3 Å². The van der Waals surface area contributed by atoms with Gasteiger partial charge in [-0.15, -0.1) is 0 Å². The van der Waals surface area contributed by atoms with Gasteiger partial charge in [0.25, 0.3) is 0 Å².